The van der Waals surface area contributed by atoms with E-state index in [4.69, 9.17) is 17.3 Å². The molecule has 3 nitrogen and oxygen atoms in total. The Morgan fingerprint density at radius 1 is 1.29 bits per heavy atom. The van der Waals surface area contributed by atoms with Gasteiger partial charge in [0.2, 0.25) is 0 Å². The maximum absolute atomic E-state index is 5.88. The summed E-state index contributed by atoms with van der Waals surface area (Å²) in [7, 11) is 0. The first-order chi connectivity index (χ1) is 8.22. The summed E-state index contributed by atoms with van der Waals surface area (Å²) in [6, 6.07) is 6.66. The second-order valence-corrected chi connectivity index (χ2v) is 4.92. The van der Waals surface area contributed by atoms with Crippen molar-refractivity contribution in [3.8, 4) is 0 Å². The van der Waals surface area contributed by atoms with Crippen molar-refractivity contribution in [2.24, 2.45) is 0 Å². The molecule has 0 fully saturated rings. The molecule has 1 aliphatic carbocycles. The summed E-state index contributed by atoms with van der Waals surface area (Å²) < 4.78 is 1.79. The quantitative estimate of drug-likeness (QED) is 0.887. The Balaban J connectivity index is 1.85. The lowest BCUT2D eigenvalue weighted by Gasteiger charge is -2.05. The van der Waals surface area contributed by atoms with Crippen LogP contribution in [0.3, 0.4) is 0 Å². The highest BCUT2D eigenvalue weighted by Crippen LogP contribution is 2.23. The number of hydrogen-bond acceptors (Lipinski definition) is 2. The van der Waals surface area contributed by atoms with Crippen LogP contribution >= 0.6 is 11.6 Å². The number of rotatable bonds is 2. The fourth-order valence-corrected chi connectivity index (χ4v) is 2.55. The predicted molar refractivity (Wildman–Crippen MR) is 69.2 cm³/mol. The number of hydrogen-bond donors (Lipinski definition) is 1. The molecule has 2 aromatic rings. The molecule has 3 rings (SSSR count). The maximum Gasteiger partial charge on any atom is 0.164 e. The van der Waals surface area contributed by atoms with Crippen LogP contribution in [0.2, 0.25) is 5.02 Å². The normalized spacial score (nSPS) is 13.9. The molecule has 0 radical (unpaired) electrons. The first kappa shape index (κ1) is 10.7. The minimum atomic E-state index is 0.396. The predicted octanol–water partition coefficient (Wildman–Crippen LogP) is 2.66. The van der Waals surface area contributed by atoms with Crippen LogP contribution in [-0.2, 0) is 19.4 Å². The molecule has 0 atom stereocenters. The Hall–Kier alpha value is -1.48. The van der Waals surface area contributed by atoms with Crippen molar-refractivity contribution >= 4 is 17.4 Å². The molecule has 88 valence electrons. The Morgan fingerprint density at radius 2 is 2.12 bits per heavy atom. The second kappa shape index (κ2) is 4.08. The molecule has 1 aromatic carbocycles. The summed E-state index contributed by atoms with van der Waals surface area (Å²) in [5, 5.41) is 4.68. The van der Waals surface area contributed by atoms with Crippen molar-refractivity contribution in [2.45, 2.75) is 25.8 Å². The van der Waals surface area contributed by atoms with Gasteiger partial charge in [-0.15, -0.1) is 0 Å². The van der Waals surface area contributed by atoms with E-state index < -0.39 is 0 Å². The van der Waals surface area contributed by atoms with Gasteiger partial charge >= 0.3 is 0 Å². The first-order valence-corrected chi connectivity index (χ1v) is 6.19. The van der Waals surface area contributed by atoms with Crippen molar-refractivity contribution in [3.05, 3.63) is 46.1 Å². The largest absolute Gasteiger partial charge is 0.381 e. The second-order valence-electron chi connectivity index (χ2n) is 4.52. The van der Waals surface area contributed by atoms with Gasteiger partial charge in [-0.1, -0.05) is 29.8 Å². The number of anilines is 1. The van der Waals surface area contributed by atoms with Gasteiger partial charge in [0.05, 0.1) is 6.54 Å². The molecule has 0 unspecified atom stereocenters. The zero-order valence-corrected chi connectivity index (χ0v) is 10.2. The summed E-state index contributed by atoms with van der Waals surface area (Å²) in [6.45, 7) is 0.726. The van der Waals surface area contributed by atoms with Gasteiger partial charge in [0.15, 0.2) is 5.82 Å². The van der Waals surface area contributed by atoms with Gasteiger partial charge < -0.3 is 5.73 Å². The van der Waals surface area contributed by atoms with Crippen LogP contribution in [0, 0.1) is 0 Å². The molecule has 1 heterocycles. The fraction of sp³-hybridized carbons (Fsp3) is 0.308. The van der Waals surface area contributed by atoms with E-state index in [-0.39, 0.29) is 0 Å². The first-order valence-electron chi connectivity index (χ1n) is 5.81. The average Bonchev–Trinajstić information content (AvgIpc) is 2.86. The minimum absolute atomic E-state index is 0.396. The SMILES string of the molecule is Nc1nn(Cc2ccc3c(c2)CCC3)cc1Cl. The monoisotopic (exact) mass is 247 g/mol. The zero-order chi connectivity index (χ0) is 11.8. The molecule has 0 saturated heterocycles. The maximum atomic E-state index is 5.88. The van der Waals surface area contributed by atoms with Crippen molar-refractivity contribution in [1.29, 1.82) is 0 Å². The molecule has 4 heteroatoms. The number of aryl methyl sites for hydroxylation is 2. The Kier molecular flexibility index (Phi) is 2.56. The lowest BCUT2D eigenvalue weighted by Crippen LogP contribution is -2.01. The van der Waals surface area contributed by atoms with Crippen LogP contribution in [0.15, 0.2) is 24.4 Å². The third kappa shape index (κ3) is 2.03. The van der Waals surface area contributed by atoms with E-state index in [1.54, 1.807) is 10.9 Å². The Bertz CT molecular complexity index is 540. The van der Waals surface area contributed by atoms with E-state index in [9.17, 15) is 0 Å². The van der Waals surface area contributed by atoms with E-state index in [0.29, 0.717) is 10.8 Å². The van der Waals surface area contributed by atoms with E-state index in [1.807, 2.05) is 0 Å². The highest BCUT2D eigenvalue weighted by Gasteiger charge is 2.11. The number of nitrogen functional groups attached to an aromatic ring is 1. The van der Waals surface area contributed by atoms with Gasteiger partial charge in [0, 0.05) is 6.20 Å². The van der Waals surface area contributed by atoms with Gasteiger partial charge in [0.1, 0.15) is 5.02 Å². The Morgan fingerprint density at radius 3 is 2.88 bits per heavy atom. The van der Waals surface area contributed by atoms with Gasteiger partial charge in [0.25, 0.3) is 0 Å². The summed E-state index contributed by atoms with van der Waals surface area (Å²) in [5.41, 5.74) is 9.85. The third-order valence-electron chi connectivity index (χ3n) is 3.25. The average molecular weight is 248 g/mol. The number of halogens is 1. The van der Waals surface area contributed by atoms with Crippen LogP contribution in [0.4, 0.5) is 5.82 Å². The topological polar surface area (TPSA) is 43.8 Å². The Labute approximate surface area is 105 Å². The van der Waals surface area contributed by atoms with Crippen molar-refractivity contribution in [2.75, 3.05) is 5.73 Å². The van der Waals surface area contributed by atoms with E-state index in [0.717, 1.165) is 6.54 Å². The molecule has 0 saturated carbocycles. The standard InChI is InChI=1S/C13H14ClN3/c14-12-8-17(16-13(12)15)7-9-4-5-10-2-1-3-11(10)6-9/h4-6,8H,1-3,7H2,(H2,15,16). The third-order valence-corrected chi connectivity index (χ3v) is 3.54. The van der Waals surface area contributed by atoms with Crippen LogP contribution in [0.25, 0.3) is 0 Å². The van der Waals surface area contributed by atoms with Crippen molar-refractivity contribution in [1.82, 2.24) is 9.78 Å². The molecular formula is C13H14ClN3. The summed E-state index contributed by atoms with van der Waals surface area (Å²) in [4.78, 5) is 0. The molecule has 1 aliphatic rings. The van der Waals surface area contributed by atoms with Gasteiger partial charge in [-0.3, -0.25) is 4.68 Å². The smallest absolute Gasteiger partial charge is 0.164 e. The number of nitrogens with zero attached hydrogens (tertiary/aromatic N) is 2. The number of fused-ring (bicyclic) bond motifs is 1. The fourth-order valence-electron chi connectivity index (χ4n) is 2.40. The molecule has 0 bridgehead atoms. The van der Waals surface area contributed by atoms with E-state index in [1.165, 1.54) is 36.0 Å². The molecule has 17 heavy (non-hydrogen) atoms. The van der Waals surface area contributed by atoms with Crippen LogP contribution in [0.1, 0.15) is 23.1 Å². The summed E-state index contributed by atoms with van der Waals surface area (Å²) in [6.07, 6.45) is 5.46. The zero-order valence-electron chi connectivity index (χ0n) is 9.49. The lowest BCUT2D eigenvalue weighted by molar-refractivity contribution is 0.689. The summed E-state index contributed by atoms with van der Waals surface area (Å²) >= 11 is 5.88. The van der Waals surface area contributed by atoms with E-state index in [2.05, 4.69) is 23.3 Å². The highest BCUT2D eigenvalue weighted by molar-refractivity contribution is 6.32. The van der Waals surface area contributed by atoms with Crippen LogP contribution in [0.5, 0.6) is 0 Å². The number of nitrogens with two attached hydrogens (primary N) is 1. The molecule has 0 spiro atoms. The molecule has 0 aliphatic heterocycles. The lowest BCUT2D eigenvalue weighted by atomic mass is 10.1. The van der Waals surface area contributed by atoms with Gasteiger partial charge in [-0.05, 0) is 36.0 Å². The van der Waals surface area contributed by atoms with Crippen LogP contribution in [-0.4, -0.2) is 9.78 Å². The minimum Gasteiger partial charge on any atom is -0.381 e. The van der Waals surface area contributed by atoms with Gasteiger partial charge in [-0.25, -0.2) is 0 Å². The molecule has 2 N–H and O–H groups in total. The molecular weight excluding hydrogens is 234 g/mol. The highest BCUT2D eigenvalue weighted by atomic mass is 35.5. The van der Waals surface area contributed by atoms with Crippen LogP contribution < -0.4 is 5.73 Å². The van der Waals surface area contributed by atoms with Crippen molar-refractivity contribution < 1.29 is 0 Å². The number of benzene rings is 1. The van der Waals surface area contributed by atoms with E-state index >= 15 is 0 Å². The van der Waals surface area contributed by atoms with Gasteiger partial charge in [-0.2, -0.15) is 5.10 Å². The summed E-state index contributed by atoms with van der Waals surface area (Å²) in [5.74, 6) is 0.396. The molecule has 1 aromatic heterocycles. The van der Waals surface area contributed by atoms with Crippen molar-refractivity contribution in [3.63, 3.8) is 0 Å². The number of aromatic nitrogens is 2. The molecule has 0 amide bonds.